The van der Waals surface area contributed by atoms with Crippen LogP contribution in [0.5, 0.6) is 0 Å². The van der Waals surface area contributed by atoms with E-state index in [0.717, 1.165) is 32.1 Å². The van der Waals surface area contributed by atoms with Crippen molar-refractivity contribution in [3.63, 3.8) is 0 Å². The average molecular weight is 242 g/mol. The molecule has 0 saturated carbocycles. The molecule has 0 unspecified atom stereocenters. The molecule has 4 heteroatoms. The van der Waals surface area contributed by atoms with Gasteiger partial charge in [-0.05, 0) is 38.2 Å². The highest BCUT2D eigenvalue weighted by atomic mass is 19.1. The third-order valence-electron chi connectivity index (χ3n) is 2.55. The zero-order valence-electron chi connectivity index (χ0n) is 10.5. The van der Waals surface area contributed by atoms with Crippen molar-refractivity contribution in [2.75, 3.05) is 26.7 Å². The van der Waals surface area contributed by atoms with Gasteiger partial charge in [0, 0.05) is 25.2 Å². The molecule has 0 aliphatic rings. The minimum absolute atomic E-state index is 0.347. The van der Waals surface area contributed by atoms with Crippen LogP contribution in [0.15, 0.2) is 18.2 Å². The highest BCUT2D eigenvalue weighted by Gasteiger charge is 2.06. The van der Waals surface area contributed by atoms with Gasteiger partial charge < -0.3 is 10.2 Å². The van der Waals surface area contributed by atoms with Gasteiger partial charge in [-0.25, -0.2) is 8.78 Å². The van der Waals surface area contributed by atoms with Crippen LogP contribution in [-0.2, 0) is 6.54 Å². The summed E-state index contributed by atoms with van der Waals surface area (Å²) in [7, 11) is 1.90. The Morgan fingerprint density at radius 3 is 2.71 bits per heavy atom. The minimum atomic E-state index is -0.390. The number of halogens is 2. The van der Waals surface area contributed by atoms with E-state index in [9.17, 15) is 8.78 Å². The van der Waals surface area contributed by atoms with Crippen molar-refractivity contribution >= 4 is 0 Å². The molecule has 0 atom stereocenters. The number of benzene rings is 1. The van der Waals surface area contributed by atoms with E-state index in [-0.39, 0.29) is 11.6 Å². The number of nitrogens with zero attached hydrogens (tertiary/aromatic N) is 1. The first-order valence-electron chi connectivity index (χ1n) is 5.96. The van der Waals surface area contributed by atoms with Crippen LogP contribution < -0.4 is 5.32 Å². The predicted octanol–water partition coefficient (Wildman–Crippen LogP) is 2.40. The van der Waals surface area contributed by atoms with E-state index < -0.39 is 0 Å². The third kappa shape index (κ3) is 5.24. The molecule has 1 aromatic carbocycles. The SMILES string of the molecule is CCCNCCN(C)Cc1cc(F)ccc1F. The summed E-state index contributed by atoms with van der Waals surface area (Å²) in [6.45, 7) is 5.20. The lowest BCUT2D eigenvalue weighted by Gasteiger charge is -2.17. The van der Waals surface area contributed by atoms with Crippen LogP contribution >= 0.6 is 0 Å². The van der Waals surface area contributed by atoms with Crippen molar-refractivity contribution in [1.82, 2.24) is 10.2 Å². The fourth-order valence-corrected chi connectivity index (χ4v) is 1.61. The van der Waals surface area contributed by atoms with Crippen molar-refractivity contribution in [2.24, 2.45) is 0 Å². The number of likely N-dealkylation sites (N-methyl/N-ethyl adjacent to an activating group) is 1. The summed E-state index contributed by atoms with van der Waals surface area (Å²) in [6, 6.07) is 3.57. The van der Waals surface area contributed by atoms with E-state index in [1.807, 2.05) is 11.9 Å². The molecule has 0 amide bonds. The normalized spacial score (nSPS) is 11.1. The zero-order chi connectivity index (χ0) is 12.7. The topological polar surface area (TPSA) is 15.3 Å². The van der Waals surface area contributed by atoms with Gasteiger partial charge in [-0.1, -0.05) is 6.92 Å². The highest BCUT2D eigenvalue weighted by Crippen LogP contribution is 2.11. The van der Waals surface area contributed by atoms with Gasteiger partial charge in [0.15, 0.2) is 0 Å². The second kappa shape index (κ2) is 7.35. The maximum Gasteiger partial charge on any atom is 0.127 e. The smallest absolute Gasteiger partial charge is 0.127 e. The van der Waals surface area contributed by atoms with Gasteiger partial charge >= 0.3 is 0 Å². The molecule has 0 radical (unpaired) electrons. The number of hydrogen-bond donors (Lipinski definition) is 1. The predicted molar refractivity (Wildman–Crippen MR) is 65.9 cm³/mol. The van der Waals surface area contributed by atoms with Gasteiger partial charge in [0.25, 0.3) is 0 Å². The van der Waals surface area contributed by atoms with Gasteiger partial charge in [0.05, 0.1) is 0 Å². The molecule has 0 bridgehead atoms. The summed E-state index contributed by atoms with van der Waals surface area (Å²) in [5.41, 5.74) is 0.406. The molecule has 1 aromatic rings. The van der Waals surface area contributed by atoms with Crippen molar-refractivity contribution in [3.05, 3.63) is 35.4 Å². The molecule has 1 N–H and O–H groups in total. The quantitative estimate of drug-likeness (QED) is 0.739. The van der Waals surface area contributed by atoms with Gasteiger partial charge in [0.1, 0.15) is 11.6 Å². The van der Waals surface area contributed by atoms with Gasteiger partial charge in [-0.15, -0.1) is 0 Å². The molecule has 0 aliphatic carbocycles. The summed E-state index contributed by atoms with van der Waals surface area (Å²) in [6.07, 6.45) is 1.10. The van der Waals surface area contributed by atoms with E-state index in [2.05, 4.69) is 12.2 Å². The fourth-order valence-electron chi connectivity index (χ4n) is 1.61. The second-order valence-corrected chi connectivity index (χ2v) is 4.22. The second-order valence-electron chi connectivity index (χ2n) is 4.22. The molecule has 0 aliphatic heterocycles. The summed E-state index contributed by atoms with van der Waals surface area (Å²) >= 11 is 0. The van der Waals surface area contributed by atoms with Crippen LogP contribution in [0.2, 0.25) is 0 Å². The fraction of sp³-hybridized carbons (Fsp3) is 0.538. The van der Waals surface area contributed by atoms with Crippen LogP contribution in [0.25, 0.3) is 0 Å². The highest BCUT2D eigenvalue weighted by molar-refractivity contribution is 5.18. The lowest BCUT2D eigenvalue weighted by molar-refractivity contribution is 0.318. The Hall–Kier alpha value is -1.00. The Bertz CT molecular complexity index is 342. The van der Waals surface area contributed by atoms with Crippen LogP contribution in [0.1, 0.15) is 18.9 Å². The maximum absolute atomic E-state index is 13.4. The molecule has 96 valence electrons. The molecule has 0 heterocycles. The van der Waals surface area contributed by atoms with Crippen molar-refractivity contribution in [3.8, 4) is 0 Å². The Morgan fingerprint density at radius 1 is 1.24 bits per heavy atom. The van der Waals surface area contributed by atoms with E-state index in [1.54, 1.807) is 0 Å². The summed E-state index contributed by atoms with van der Waals surface area (Å²) in [5.74, 6) is -0.737. The Labute approximate surface area is 102 Å². The van der Waals surface area contributed by atoms with Crippen LogP contribution in [0, 0.1) is 11.6 Å². The Kier molecular flexibility index (Phi) is 6.08. The lowest BCUT2D eigenvalue weighted by atomic mass is 10.2. The lowest BCUT2D eigenvalue weighted by Crippen LogP contribution is -2.29. The van der Waals surface area contributed by atoms with Crippen LogP contribution in [0.3, 0.4) is 0 Å². The largest absolute Gasteiger partial charge is 0.315 e. The van der Waals surface area contributed by atoms with E-state index in [0.29, 0.717) is 12.1 Å². The first-order chi connectivity index (χ1) is 8.13. The van der Waals surface area contributed by atoms with E-state index in [4.69, 9.17) is 0 Å². The molecule has 0 spiro atoms. The first kappa shape index (κ1) is 14.1. The molecular formula is C13H20F2N2. The summed E-state index contributed by atoms with van der Waals surface area (Å²) in [5, 5.41) is 3.27. The third-order valence-corrected chi connectivity index (χ3v) is 2.55. The standard InChI is InChI=1S/C13H20F2N2/c1-3-6-16-7-8-17(2)10-11-9-12(14)4-5-13(11)15/h4-5,9,16H,3,6-8,10H2,1-2H3. The average Bonchev–Trinajstić information content (AvgIpc) is 2.29. The monoisotopic (exact) mass is 242 g/mol. The Morgan fingerprint density at radius 2 is 2.00 bits per heavy atom. The molecule has 1 rings (SSSR count). The number of hydrogen-bond acceptors (Lipinski definition) is 2. The van der Waals surface area contributed by atoms with Gasteiger partial charge in [-0.3, -0.25) is 0 Å². The zero-order valence-corrected chi connectivity index (χ0v) is 10.5. The number of rotatable bonds is 7. The maximum atomic E-state index is 13.4. The summed E-state index contributed by atoms with van der Waals surface area (Å²) < 4.78 is 26.3. The van der Waals surface area contributed by atoms with Gasteiger partial charge in [0.2, 0.25) is 0 Å². The van der Waals surface area contributed by atoms with Crippen molar-refractivity contribution in [1.29, 1.82) is 0 Å². The first-order valence-corrected chi connectivity index (χ1v) is 5.96. The van der Waals surface area contributed by atoms with Crippen LogP contribution in [-0.4, -0.2) is 31.6 Å². The molecule has 17 heavy (non-hydrogen) atoms. The van der Waals surface area contributed by atoms with Crippen molar-refractivity contribution in [2.45, 2.75) is 19.9 Å². The summed E-state index contributed by atoms with van der Waals surface area (Å²) in [4.78, 5) is 1.97. The van der Waals surface area contributed by atoms with E-state index in [1.165, 1.54) is 12.1 Å². The molecule has 0 fully saturated rings. The molecule has 2 nitrogen and oxygen atoms in total. The number of nitrogens with one attached hydrogen (secondary N) is 1. The molecule has 0 aromatic heterocycles. The molecule has 0 saturated heterocycles. The molecular weight excluding hydrogens is 222 g/mol. The van der Waals surface area contributed by atoms with E-state index >= 15 is 0 Å². The minimum Gasteiger partial charge on any atom is -0.315 e. The van der Waals surface area contributed by atoms with Crippen molar-refractivity contribution < 1.29 is 8.78 Å². The Balaban J connectivity index is 2.39. The van der Waals surface area contributed by atoms with Gasteiger partial charge in [-0.2, -0.15) is 0 Å². The van der Waals surface area contributed by atoms with Crippen LogP contribution in [0.4, 0.5) is 8.78 Å².